The summed E-state index contributed by atoms with van der Waals surface area (Å²) in [5, 5.41) is 20.0. The third-order valence-electron chi connectivity index (χ3n) is 3.07. The van der Waals surface area contributed by atoms with Gasteiger partial charge in [0, 0.05) is 5.56 Å². The lowest BCUT2D eigenvalue weighted by molar-refractivity contribution is -0.139. The van der Waals surface area contributed by atoms with Crippen molar-refractivity contribution in [2.75, 3.05) is 6.61 Å². The molecule has 0 aromatic heterocycles. The van der Waals surface area contributed by atoms with Gasteiger partial charge in [-0.2, -0.15) is 13.2 Å². The average Bonchev–Trinajstić information content (AvgIpc) is 2.55. The molecular formula is C15H17F3N2O5. The summed E-state index contributed by atoms with van der Waals surface area (Å²) in [6.07, 6.45) is -4.91. The lowest BCUT2D eigenvalue weighted by Gasteiger charge is -2.20. The first kappa shape index (κ1) is 20.5. The summed E-state index contributed by atoms with van der Waals surface area (Å²) in [6.45, 7) is 4.34. The van der Waals surface area contributed by atoms with Crippen molar-refractivity contribution in [1.82, 2.24) is 10.8 Å². The van der Waals surface area contributed by atoms with E-state index < -0.39 is 47.0 Å². The van der Waals surface area contributed by atoms with E-state index in [9.17, 15) is 27.9 Å². The van der Waals surface area contributed by atoms with Crippen molar-refractivity contribution in [3.8, 4) is 5.75 Å². The number of halogens is 3. The van der Waals surface area contributed by atoms with E-state index in [0.717, 1.165) is 19.1 Å². The van der Waals surface area contributed by atoms with Gasteiger partial charge < -0.3 is 15.2 Å². The molecule has 25 heavy (non-hydrogen) atoms. The van der Waals surface area contributed by atoms with Gasteiger partial charge in [0.05, 0.1) is 11.7 Å². The minimum atomic E-state index is -4.78. The van der Waals surface area contributed by atoms with E-state index >= 15 is 0 Å². The van der Waals surface area contributed by atoms with E-state index in [-0.39, 0.29) is 6.61 Å². The number of benzene rings is 1. The van der Waals surface area contributed by atoms with E-state index in [1.807, 2.05) is 5.32 Å². The van der Waals surface area contributed by atoms with Gasteiger partial charge in [-0.05, 0) is 25.1 Å². The first-order valence-electron chi connectivity index (χ1n) is 6.99. The first-order chi connectivity index (χ1) is 11.6. The van der Waals surface area contributed by atoms with Crippen LogP contribution in [0.1, 0.15) is 22.8 Å². The highest BCUT2D eigenvalue weighted by molar-refractivity contribution is 5.97. The summed E-state index contributed by atoms with van der Waals surface area (Å²) in [4.78, 5) is 23.4. The quantitative estimate of drug-likeness (QED) is 0.332. The summed E-state index contributed by atoms with van der Waals surface area (Å²) in [6, 6.07) is 1.04. The Hall–Kier alpha value is -2.59. The molecule has 0 heterocycles. The lowest BCUT2D eigenvalue weighted by Crippen LogP contribution is -2.51. The fourth-order valence-electron chi connectivity index (χ4n) is 1.87. The van der Waals surface area contributed by atoms with Crippen molar-refractivity contribution in [3.63, 3.8) is 0 Å². The molecule has 1 aromatic carbocycles. The smallest absolute Gasteiger partial charge is 0.419 e. The average molecular weight is 362 g/mol. The van der Waals surface area contributed by atoms with Gasteiger partial charge in [-0.15, -0.1) is 0 Å². The highest BCUT2D eigenvalue weighted by Gasteiger charge is 2.35. The molecule has 10 heteroatoms. The van der Waals surface area contributed by atoms with Gasteiger partial charge in [0.2, 0.25) is 0 Å². The zero-order chi connectivity index (χ0) is 19.2. The Morgan fingerprint density at radius 3 is 2.52 bits per heavy atom. The van der Waals surface area contributed by atoms with Crippen LogP contribution in [-0.4, -0.2) is 40.9 Å². The molecule has 0 spiro atoms. The number of amides is 2. The Morgan fingerprint density at radius 2 is 2.04 bits per heavy atom. The van der Waals surface area contributed by atoms with Crippen molar-refractivity contribution in [2.45, 2.75) is 25.2 Å². The molecule has 2 atom stereocenters. The van der Waals surface area contributed by atoms with Gasteiger partial charge in [-0.1, -0.05) is 12.7 Å². The first-order valence-corrected chi connectivity index (χ1v) is 6.99. The van der Waals surface area contributed by atoms with E-state index in [1.54, 1.807) is 0 Å². The number of hydroxylamine groups is 1. The summed E-state index contributed by atoms with van der Waals surface area (Å²) in [5.41, 5.74) is -0.338. The number of alkyl halides is 3. The Kier molecular flexibility index (Phi) is 6.95. The molecule has 7 nitrogen and oxygen atoms in total. The van der Waals surface area contributed by atoms with Crippen LogP contribution in [0.25, 0.3) is 0 Å². The van der Waals surface area contributed by atoms with Crippen molar-refractivity contribution in [1.29, 1.82) is 0 Å². The highest BCUT2D eigenvalue weighted by atomic mass is 19.4. The van der Waals surface area contributed by atoms with E-state index in [1.165, 1.54) is 11.6 Å². The Labute approximate surface area is 141 Å². The summed E-state index contributed by atoms with van der Waals surface area (Å²) in [7, 11) is 0. The number of carbonyl (C=O) groups excluding carboxylic acids is 2. The van der Waals surface area contributed by atoms with Crippen LogP contribution in [0.5, 0.6) is 5.75 Å². The molecule has 2 amide bonds. The second-order valence-electron chi connectivity index (χ2n) is 4.98. The molecule has 138 valence electrons. The molecule has 1 aromatic rings. The monoisotopic (exact) mass is 362 g/mol. The maximum atomic E-state index is 13.1. The molecule has 2 unspecified atom stereocenters. The predicted octanol–water partition coefficient (Wildman–Crippen LogP) is 1.25. The Balaban J connectivity index is 3.14. The van der Waals surface area contributed by atoms with E-state index in [0.29, 0.717) is 6.07 Å². The summed E-state index contributed by atoms with van der Waals surface area (Å²) < 4.78 is 44.3. The number of ether oxygens (including phenoxy) is 1. The van der Waals surface area contributed by atoms with Gasteiger partial charge in [-0.3, -0.25) is 14.8 Å². The maximum absolute atomic E-state index is 13.1. The molecular weight excluding hydrogens is 345 g/mol. The van der Waals surface area contributed by atoms with Gasteiger partial charge in [0.25, 0.3) is 11.8 Å². The van der Waals surface area contributed by atoms with Crippen molar-refractivity contribution in [3.05, 3.63) is 42.0 Å². The minimum absolute atomic E-state index is 0.157. The molecule has 4 N–H and O–H groups in total. The SMILES string of the molecule is C=CCOc1ccc(C(=O)NC(C(=O)NO)C(C)O)cc1C(F)(F)F. The third-order valence-corrected chi connectivity index (χ3v) is 3.07. The number of aliphatic hydroxyl groups is 1. The second-order valence-corrected chi connectivity index (χ2v) is 4.98. The standard InChI is InChI=1S/C15H17F3N2O5/c1-3-6-25-11-5-4-9(7-10(11)15(16,17)18)13(22)19-12(8(2)21)14(23)20-24/h3-5,7-8,12,21,24H,1,6H2,2H3,(H,19,22)(H,20,23). The fraction of sp³-hybridized carbons (Fsp3) is 0.333. The zero-order valence-electron chi connectivity index (χ0n) is 13.1. The number of hydrogen-bond donors (Lipinski definition) is 4. The molecule has 0 aliphatic heterocycles. The largest absolute Gasteiger partial charge is 0.489 e. The molecule has 0 radical (unpaired) electrons. The number of rotatable bonds is 7. The summed E-state index contributed by atoms with van der Waals surface area (Å²) >= 11 is 0. The van der Waals surface area contributed by atoms with Crippen LogP contribution >= 0.6 is 0 Å². The van der Waals surface area contributed by atoms with Crippen LogP contribution in [0, 0.1) is 0 Å². The molecule has 0 saturated carbocycles. The van der Waals surface area contributed by atoms with Gasteiger partial charge >= 0.3 is 6.18 Å². The van der Waals surface area contributed by atoms with E-state index in [4.69, 9.17) is 9.94 Å². The summed E-state index contributed by atoms with van der Waals surface area (Å²) in [5.74, 6) is -2.65. The fourth-order valence-corrected chi connectivity index (χ4v) is 1.87. The molecule has 0 bridgehead atoms. The molecule has 1 rings (SSSR count). The number of aliphatic hydroxyl groups excluding tert-OH is 1. The van der Waals surface area contributed by atoms with Crippen LogP contribution in [0.4, 0.5) is 13.2 Å². The third kappa shape index (κ3) is 5.47. The normalized spacial score (nSPS) is 13.5. The Bertz CT molecular complexity index is 647. The van der Waals surface area contributed by atoms with Crippen molar-refractivity contribution < 1.29 is 37.8 Å². The number of carbonyl (C=O) groups is 2. The van der Waals surface area contributed by atoms with Crippen LogP contribution in [0.3, 0.4) is 0 Å². The highest BCUT2D eigenvalue weighted by Crippen LogP contribution is 2.36. The van der Waals surface area contributed by atoms with Crippen molar-refractivity contribution in [2.24, 2.45) is 0 Å². The predicted molar refractivity (Wildman–Crippen MR) is 80.0 cm³/mol. The van der Waals surface area contributed by atoms with E-state index in [2.05, 4.69) is 6.58 Å². The van der Waals surface area contributed by atoms with Crippen LogP contribution in [0.2, 0.25) is 0 Å². The topological polar surface area (TPSA) is 108 Å². The van der Waals surface area contributed by atoms with Crippen LogP contribution < -0.4 is 15.5 Å². The number of nitrogens with one attached hydrogen (secondary N) is 2. The van der Waals surface area contributed by atoms with Gasteiger partial charge in [0.1, 0.15) is 18.4 Å². The Morgan fingerprint density at radius 1 is 1.40 bits per heavy atom. The molecule has 0 aliphatic rings. The molecule has 0 saturated heterocycles. The molecule has 0 fully saturated rings. The molecule has 0 aliphatic carbocycles. The lowest BCUT2D eigenvalue weighted by atomic mass is 10.1. The van der Waals surface area contributed by atoms with Crippen molar-refractivity contribution >= 4 is 11.8 Å². The van der Waals surface area contributed by atoms with Gasteiger partial charge in [-0.25, -0.2) is 5.48 Å². The second kappa shape index (κ2) is 8.49. The zero-order valence-corrected chi connectivity index (χ0v) is 13.1. The maximum Gasteiger partial charge on any atom is 0.419 e. The van der Waals surface area contributed by atoms with Crippen LogP contribution in [0.15, 0.2) is 30.9 Å². The van der Waals surface area contributed by atoms with Crippen LogP contribution in [-0.2, 0) is 11.0 Å². The number of hydrogen-bond acceptors (Lipinski definition) is 5. The van der Waals surface area contributed by atoms with Gasteiger partial charge in [0.15, 0.2) is 0 Å². The minimum Gasteiger partial charge on any atom is -0.489 e.